The molecule has 0 saturated heterocycles. The van der Waals surface area contributed by atoms with Gasteiger partial charge in [-0.1, -0.05) is 11.2 Å². The second-order valence-corrected chi connectivity index (χ2v) is 2.44. The Labute approximate surface area is 76.5 Å². The monoisotopic (exact) mass is 207 g/mol. The van der Waals surface area contributed by atoms with Crippen LogP contribution in [0, 0.1) is 5.82 Å². The molecule has 1 rings (SSSR count). The molecule has 0 aliphatic rings. The Morgan fingerprint density at radius 3 is 2.43 bits per heavy atom. The molecule has 1 aromatic carbocycles. The predicted octanol–water partition coefficient (Wildman–Crippen LogP) is 2.65. The van der Waals surface area contributed by atoms with Gasteiger partial charge in [-0.2, -0.15) is 13.2 Å². The standard InChI is InChI=1S/C8H5F4NO/c9-7-3-1-2-6(8(10,11)12)5(7)4-13-14/h1-4,14H/b13-4-. The number of rotatable bonds is 1. The molecule has 1 N–H and O–H groups in total. The second kappa shape index (κ2) is 3.65. The number of hydrogen-bond donors (Lipinski definition) is 1. The van der Waals surface area contributed by atoms with E-state index in [-0.39, 0.29) is 0 Å². The lowest BCUT2D eigenvalue weighted by Crippen LogP contribution is -2.10. The van der Waals surface area contributed by atoms with E-state index in [0.29, 0.717) is 12.3 Å². The summed E-state index contributed by atoms with van der Waals surface area (Å²) in [5.41, 5.74) is -1.95. The molecule has 0 aliphatic carbocycles. The third-order valence-corrected chi connectivity index (χ3v) is 1.55. The van der Waals surface area contributed by atoms with Crippen LogP contribution in [0.15, 0.2) is 23.4 Å². The van der Waals surface area contributed by atoms with Crippen molar-refractivity contribution in [2.24, 2.45) is 5.16 Å². The van der Waals surface area contributed by atoms with E-state index in [1.54, 1.807) is 0 Å². The predicted molar refractivity (Wildman–Crippen MR) is 40.8 cm³/mol. The Morgan fingerprint density at radius 1 is 1.29 bits per heavy atom. The molecule has 0 unspecified atom stereocenters. The molecule has 0 radical (unpaired) electrons. The van der Waals surface area contributed by atoms with E-state index < -0.39 is 23.1 Å². The average Bonchev–Trinajstić information content (AvgIpc) is 2.07. The zero-order valence-electron chi connectivity index (χ0n) is 6.72. The highest BCUT2D eigenvalue weighted by atomic mass is 19.4. The molecule has 0 spiro atoms. The van der Waals surface area contributed by atoms with Crippen LogP contribution in [-0.2, 0) is 6.18 Å². The van der Waals surface area contributed by atoms with Gasteiger partial charge in [-0.15, -0.1) is 0 Å². The van der Waals surface area contributed by atoms with Crippen molar-refractivity contribution in [1.82, 2.24) is 0 Å². The first-order valence-electron chi connectivity index (χ1n) is 3.50. The van der Waals surface area contributed by atoms with Crippen LogP contribution in [0.25, 0.3) is 0 Å². The molecule has 0 saturated carbocycles. The number of alkyl halides is 3. The molecule has 0 aromatic heterocycles. The average molecular weight is 207 g/mol. The maximum atomic E-state index is 12.9. The summed E-state index contributed by atoms with van der Waals surface area (Å²) in [5, 5.41) is 10.4. The van der Waals surface area contributed by atoms with Gasteiger partial charge in [0.15, 0.2) is 0 Å². The minimum Gasteiger partial charge on any atom is -0.411 e. The lowest BCUT2D eigenvalue weighted by molar-refractivity contribution is -0.137. The van der Waals surface area contributed by atoms with Gasteiger partial charge in [0, 0.05) is 5.56 Å². The van der Waals surface area contributed by atoms with Gasteiger partial charge < -0.3 is 5.21 Å². The highest BCUT2D eigenvalue weighted by molar-refractivity contribution is 5.81. The molecule has 0 heterocycles. The van der Waals surface area contributed by atoms with Gasteiger partial charge in [-0.3, -0.25) is 0 Å². The van der Waals surface area contributed by atoms with E-state index >= 15 is 0 Å². The molecule has 0 bridgehead atoms. The van der Waals surface area contributed by atoms with Crippen molar-refractivity contribution < 1.29 is 22.8 Å². The maximum absolute atomic E-state index is 12.9. The quantitative estimate of drug-likeness (QED) is 0.326. The topological polar surface area (TPSA) is 32.6 Å². The lowest BCUT2D eigenvalue weighted by atomic mass is 10.1. The fourth-order valence-electron chi connectivity index (χ4n) is 0.973. The van der Waals surface area contributed by atoms with Crippen LogP contribution in [0.2, 0.25) is 0 Å². The van der Waals surface area contributed by atoms with E-state index in [2.05, 4.69) is 5.16 Å². The summed E-state index contributed by atoms with van der Waals surface area (Å²) in [4.78, 5) is 0. The van der Waals surface area contributed by atoms with Crippen LogP contribution >= 0.6 is 0 Å². The fourth-order valence-corrected chi connectivity index (χ4v) is 0.973. The summed E-state index contributed by atoms with van der Waals surface area (Å²) < 4.78 is 49.6. The summed E-state index contributed by atoms with van der Waals surface area (Å²) in [5.74, 6) is -1.09. The van der Waals surface area contributed by atoms with Crippen molar-refractivity contribution in [3.05, 3.63) is 35.1 Å². The fraction of sp³-hybridized carbons (Fsp3) is 0.125. The highest BCUT2D eigenvalue weighted by Gasteiger charge is 2.33. The third-order valence-electron chi connectivity index (χ3n) is 1.55. The van der Waals surface area contributed by atoms with Crippen molar-refractivity contribution in [1.29, 1.82) is 0 Å². The summed E-state index contributed by atoms with van der Waals surface area (Å²) >= 11 is 0. The molecule has 76 valence electrons. The van der Waals surface area contributed by atoms with Gasteiger partial charge in [0.05, 0.1) is 11.8 Å². The molecule has 0 fully saturated rings. The normalized spacial score (nSPS) is 12.3. The molecule has 0 aliphatic heterocycles. The minimum atomic E-state index is -4.67. The number of nitrogens with zero attached hydrogens (tertiary/aromatic N) is 1. The maximum Gasteiger partial charge on any atom is 0.417 e. The van der Waals surface area contributed by atoms with Gasteiger partial charge in [0.1, 0.15) is 5.82 Å². The first kappa shape index (κ1) is 10.5. The molecule has 0 atom stereocenters. The third kappa shape index (κ3) is 2.01. The van der Waals surface area contributed by atoms with Gasteiger partial charge in [-0.25, -0.2) is 4.39 Å². The summed E-state index contributed by atoms with van der Waals surface area (Å²) in [7, 11) is 0. The minimum absolute atomic E-state index is 0.415. The Hall–Kier alpha value is -1.59. The smallest absolute Gasteiger partial charge is 0.411 e. The zero-order valence-corrected chi connectivity index (χ0v) is 6.72. The first-order chi connectivity index (χ1) is 6.46. The van der Waals surface area contributed by atoms with Crippen molar-refractivity contribution >= 4 is 6.21 Å². The molecular formula is C8H5F4NO. The van der Waals surface area contributed by atoms with Crippen LogP contribution in [0.5, 0.6) is 0 Å². The van der Waals surface area contributed by atoms with E-state index in [1.807, 2.05) is 0 Å². The van der Waals surface area contributed by atoms with E-state index in [0.717, 1.165) is 12.1 Å². The highest BCUT2D eigenvalue weighted by Crippen LogP contribution is 2.32. The van der Waals surface area contributed by atoms with Crippen LogP contribution in [0.4, 0.5) is 17.6 Å². The Balaban J connectivity index is 3.36. The van der Waals surface area contributed by atoms with Gasteiger partial charge >= 0.3 is 6.18 Å². The van der Waals surface area contributed by atoms with Gasteiger partial charge in [0.2, 0.25) is 0 Å². The molecular weight excluding hydrogens is 202 g/mol. The molecule has 1 aromatic rings. The molecule has 2 nitrogen and oxygen atoms in total. The summed E-state index contributed by atoms with van der Waals surface area (Å²) in [6, 6.07) is 2.50. The van der Waals surface area contributed by atoms with Crippen LogP contribution < -0.4 is 0 Å². The van der Waals surface area contributed by atoms with Crippen molar-refractivity contribution in [3.8, 4) is 0 Å². The van der Waals surface area contributed by atoms with Crippen molar-refractivity contribution in [2.45, 2.75) is 6.18 Å². The first-order valence-corrected chi connectivity index (χ1v) is 3.50. The van der Waals surface area contributed by atoms with Crippen LogP contribution in [-0.4, -0.2) is 11.4 Å². The Kier molecular flexibility index (Phi) is 2.73. The van der Waals surface area contributed by atoms with Gasteiger partial charge in [0.25, 0.3) is 0 Å². The molecule has 0 amide bonds. The molecule has 6 heteroatoms. The van der Waals surface area contributed by atoms with E-state index in [1.165, 1.54) is 0 Å². The number of oxime groups is 1. The van der Waals surface area contributed by atoms with E-state index in [9.17, 15) is 17.6 Å². The SMILES string of the molecule is O/N=C\c1c(F)cccc1C(F)(F)F. The summed E-state index contributed by atoms with van der Waals surface area (Å²) in [6.45, 7) is 0. The van der Waals surface area contributed by atoms with Crippen LogP contribution in [0.3, 0.4) is 0 Å². The van der Waals surface area contributed by atoms with E-state index in [4.69, 9.17) is 5.21 Å². The van der Waals surface area contributed by atoms with Crippen LogP contribution in [0.1, 0.15) is 11.1 Å². The Morgan fingerprint density at radius 2 is 1.93 bits per heavy atom. The largest absolute Gasteiger partial charge is 0.417 e. The molecule has 14 heavy (non-hydrogen) atoms. The van der Waals surface area contributed by atoms with Crippen molar-refractivity contribution in [2.75, 3.05) is 0 Å². The number of benzene rings is 1. The number of halogens is 4. The Bertz CT molecular complexity index is 359. The number of hydrogen-bond acceptors (Lipinski definition) is 2. The zero-order chi connectivity index (χ0) is 10.8. The van der Waals surface area contributed by atoms with Gasteiger partial charge in [-0.05, 0) is 12.1 Å². The van der Waals surface area contributed by atoms with Crippen molar-refractivity contribution in [3.63, 3.8) is 0 Å². The lowest BCUT2D eigenvalue weighted by Gasteiger charge is -2.09. The summed E-state index contributed by atoms with van der Waals surface area (Å²) in [6.07, 6.45) is -4.25. The second-order valence-electron chi connectivity index (χ2n) is 2.44.